The number of amides is 1. The number of aliphatic hydroxyl groups is 1. The highest BCUT2D eigenvalue weighted by atomic mass is 16.5. The number of carbonyl (C=O) groups excluding carboxylic acids is 1. The Kier molecular flexibility index (Phi) is 5.19. The number of aliphatic hydroxyl groups excluding tert-OH is 1. The van der Waals surface area contributed by atoms with Crippen molar-refractivity contribution in [1.29, 1.82) is 0 Å². The Morgan fingerprint density at radius 1 is 1.32 bits per heavy atom. The van der Waals surface area contributed by atoms with Gasteiger partial charge in [0.25, 0.3) is 5.91 Å². The van der Waals surface area contributed by atoms with Gasteiger partial charge in [0.2, 0.25) is 0 Å². The number of aryl methyl sites for hydroxylation is 1. The zero-order valence-electron chi connectivity index (χ0n) is 24.9. The number of ether oxygens (including phenoxy) is 1. The predicted octanol–water partition coefficient (Wildman–Crippen LogP) is 5.38. The Bertz CT molecular complexity index is 1270. The van der Waals surface area contributed by atoms with E-state index in [-0.39, 0.29) is 47.8 Å². The molecule has 1 saturated heterocycles. The predicted molar refractivity (Wildman–Crippen MR) is 134 cm³/mol. The van der Waals surface area contributed by atoms with Crippen LogP contribution in [0.4, 0.5) is 5.69 Å². The lowest BCUT2D eigenvalue weighted by Gasteiger charge is -2.46. The second-order valence-corrected chi connectivity index (χ2v) is 11.1. The highest BCUT2D eigenvalue weighted by Gasteiger charge is 2.43. The van der Waals surface area contributed by atoms with Crippen molar-refractivity contribution >= 4 is 17.2 Å². The molecule has 1 aliphatic carbocycles. The molecule has 34 heavy (non-hydrogen) atoms. The van der Waals surface area contributed by atoms with Gasteiger partial charge in [0.1, 0.15) is 0 Å². The Morgan fingerprint density at radius 2 is 2.09 bits per heavy atom. The van der Waals surface area contributed by atoms with Gasteiger partial charge in [0, 0.05) is 27.6 Å². The first-order valence-electron chi connectivity index (χ1n) is 13.8. The van der Waals surface area contributed by atoms with Crippen molar-refractivity contribution in [1.82, 2.24) is 15.0 Å². The third kappa shape index (κ3) is 5.41. The Labute approximate surface area is 208 Å². The molecule has 4 rings (SSSR count). The van der Waals surface area contributed by atoms with Crippen molar-refractivity contribution in [2.24, 2.45) is 5.41 Å². The Balaban J connectivity index is 1.85. The molecule has 3 N–H and O–H groups in total. The topological polar surface area (TPSA) is 100 Å². The molecular weight excluding hydrogens is 428 g/mol. The van der Waals surface area contributed by atoms with Crippen molar-refractivity contribution < 1.29 is 20.1 Å². The second kappa shape index (κ2) is 8.93. The summed E-state index contributed by atoms with van der Waals surface area (Å²) in [6.07, 6.45) is -0.441. The van der Waals surface area contributed by atoms with Gasteiger partial charge in [-0.3, -0.25) is 9.78 Å². The summed E-state index contributed by atoms with van der Waals surface area (Å²) < 4.78 is 41.5. The minimum atomic E-state index is -2.18. The molecule has 3 unspecified atom stereocenters. The van der Waals surface area contributed by atoms with Crippen LogP contribution in [0.2, 0.25) is 0 Å². The van der Waals surface area contributed by atoms with Gasteiger partial charge in [-0.1, -0.05) is 19.9 Å². The minimum Gasteiger partial charge on any atom is -0.393 e. The maximum absolute atomic E-state index is 13.0. The third-order valence-corrected chi connectivity index (χ3v) is 6.34. The summed E-state index contributed by atoms with van der Waals surface area (Å²) in [4.78, 5) is 24.9. The first-order chi connectivity index (χ1) is 17.5. The lowest BCUT2D eigenvalue weighted by Crippen LogP contribution is -2.48. The van der Waals surface area contributed by atoms with Crippen LogP contribution in [0, 0.1) is 12.3 Å². The molecule has 1 amide bonds. The minimum absolute atomic E-state index is 0.0147. The molecule has 2 aromatic rings. The van der Waals surface area contributed by atoms with Crippen LogP contribution in [0.3, 0.4) is 0 Å². The SMILES string of the molecule is [2H]C1=C(c2nc(C3CC(C)(C)OC(C)(CO)C3)ccc2NC(=O)c2ncc(C)[nH]2)C([2H])([2H])C([2H])C(C)(C)C1. The van der Waals surface area contributed by atoms with Crippen molar-refractivity contribution in [2.75, 3.05) is 11.9 Å². The summed E-state index contributed by atoms with van der Waals surface area (Å²) in [5.41, 5.74) is -0.250. The zero-order valence-corrected chi connectivity index (χ0v) is 20.9. The fourth-order valence-electron chi connectivity index (χ4n) is 4.78. The quantitative estimate of drug-likeness (QED) is 0.544. The number of rotatable bonds is 5. The highest BCUT2D eigenvalue weighted by Crippen LogP contribution is 2.44. The van der Waals surface area contributed by atoms with Gasteiger partial charge in [0.05, 0.1) is 30.6 Å². The molecular formula is C27H38N4O3. The van der Waals surface area contributed by atoms with Crippen LogP contribution in [0.1, 0.15) is 106 Å². The molecule has 1 aliphatic heterocycles. The van der Waals surface area contributed by atoms with E-state index < -0.39 is 35.3 Å². The van der Waals surface area contributed by atoms with E-state index in [1.54, 1.807) is 39.1 Å². The number of hydrogen-bond acceptors (Lipinski definition) is 5. The van der Waals surface area contributed by atoms with Crippen molar-refractivity contribution in [2.45, 2.75) is 90.7 Å². The van der Waals surface area contributed by atoms with E-state index in [9.17, 15) is 9.90 Å². The zero-order chi connectivity index (χ0) is 28.3. The summed E-state index contributed by atoms with van der Waals surface area (Å²) in [5, 5.41) is 12.8. The molecule has 7 nitrogen and oxygen atoms in total. The maximum atomic E-state index is 13.0. The van der Waals surface area contributed by atoms with Crippen LogP contribution in [-0.4, -0.2) is 43.8 Å². The molecule has 0 radical (unpaired) electrons. The number of aromatic nitrogens is 3. The molecule has 0 saturated carbocycles. The van der Waals surface area contributed by atoms with E-state index in [1.807, 2.05) is 20.8 Å². The van der Waals surface area contributed by atoms with Crippen LogP contribution < -0.4 is 5.32 Å². The van der Waals surface area contributed by atoms with Gasteiger partial charge in [-0.25, -0.2) is 4.98 Å². The molecule has 1 fully saturated rings. The van der Waals surface area contributed by atoms with Crippen LogP contribution in [0.25, 0.3) is 5.57 Å². The Morgan fingerprint density at radius 3 is 2.76 bits per heavy atom. The van der Waals surface area contributed by atoms with Gasteiger partial charge >= 0.3 is 0 Å². The molecule has 0 bridgehead atoms. The smallest absolute Gasteiger partial charge is 0.291 e. The highest BCUT2D eigenvalue weighted by molar-refractivity contribution is 6.03. The average Bonchev–Trinajstić information content (AvgIpc) is 3.23. The van der Waals surface area contributed by atoms with Crippen molar-refractivity contribution in [3.63, 3.8) is 0 Å². The fourth-order valence-corrected chi connectivity index (χ4v) is 4.78. The lowest BCUT2D eigenvalue weighted by atomic mass is 9.77. The lowest BCUT2D eigenvalue weighted by molar-refractivity contribution is -0.187. The van der Waals surface area contributed by atoms with E-state index in [4.69, 9.17) is 15.2 Å². The number of aromatic amines is 1. The van der Waals surface area contributed by atoms with E-state index >= 15 is 0 Å². The van der Waals surface area contributed by atoms with Crippen molar-refractivity contribution in [3.8, 4) is 0 Å². The van der Waals surface area contributed by atoms with E-state index in [0.29, 0.717) is 18.5 Å². The van der Waals surface area contributed by atoms with Crippen LogP contribution in [0.5, 0.6) is 0 Å². The van der Waals surface area contributed by atoms with E-state index in [0.717, 1.165) is 5.69 Å². The van der Waals surface area contributed by atoms with Gasteiger partial charge in [0.15, 0.2) is 5.82 Å². The molecule has 0 spiro atoms. The number of pyridine rings is 1. The van der Waals surface area contributed by atoms with Gasteiger partial charge < -0.3 is 20.1 Å². The summed E-state index contributed by atoms with van der Waals surface area (Å²) in [7, 11) is 0. The summed E-state index contributed by atoms with van der Waals surface area (Å²) in [6, 6.07) is 3.53. The molecule has 184 valence electrons. The first-order valence-corrected chi connectivity index (χ1v) is 11.8. The summed E-state index contributed by atoms with van der Waals surface area (Å²) in [6.45, 7) is 11.0. The standard InChI is InChI=1S/C27H38N4O3/c1-17-15-28-23(29-17)24(33)31-21-8-7-20(19-13-26(4,5)34-27(6,14-19)16-32)30-22(21)18-9-11-25(2,3)12-10-18/h7-9,15,19,32H,10-14,16H2,1-6H3,(H,28,29)(H,31,33)/i9D,10D2,12D. The fraction of sp³-hybridized carbons (Fsp3) is 0.593. The van der Waals surface area contributed by atoms with Crippen LogP contribution in [-0.2, 0) is 4.74 Å². The number of nitrogens with one attached hydrogen (secondary N) is 2. The number of nitrogens with zero attached hydrogens (tertiary/aromatic N) is 2. The molecule has 2 aromatic heterocycles. The monoisotopic (exact) mass is 470 g/mol. The summed E-state index contributed by atoms with van der Waals surface area (Å²) in [5.74, 6) is -0.520. The first kappa shape index (κ1) is 19.8. The molecule has 0 aromatic carbocycles. The average molecular weight is 471 g/mol. The largest absolute Gasteiger partial charge is 0.393 e. The normalized spacial score (nSPS) is 31.7. The summed E-state index contributed by atoms with van der Waals surface area (Å²) >= 11 is 0. The second-order valence-electron chi connectivity index (χ2n) is 11.1. The number of hydrogen-bond donors (Lipinski definition) is 3. The molecule has 3 heterocycles. The Hall–Kier alpha value is -2.51. The number of allylic oxidation sites excluding steroid dienone is 2. The molecule has 3 atom stereocenters. The van der Waals surface area contributed by atoms with Crippen LogP contribution in [0.15, 0.2) is 24.4 Å². The van der Waals surface area contributed by atoms with E-state index in [2.05, 4.69) is 15.3 Å². The van der Waals surface area contributed by atoms with Crippen LogP contribution >= 0.6 is 0 Å². The number of H-pyrrole nitrogens is 1. The number of anilines is 1. The maximum Gasteiger partial charge on any atom is 0.291 e. The third-order valence-electron chi connectivity index (χ3n) is 6.34. The van der Waals surface area contributed by atoms with Gasteiger partial charge in [-0.15, -0.1) is 0 Å². The van der Waals surface area contributed by atoms with Gasteiger partial charge in [-0.05, 0) is 82.8 Å². The van der Waals surface area contributed by atoms with E-state index in [1.165, 1.54) is 0 Å². The van der Waals surface area contributed by atoms with Gasteiger partial charge in [-0.2, -0.15) is 0 Å². The molecule has 2 aliphatic rings. The van der Waals surface area contributed by atoms with Crippen molar-refractivity contribution in [3.05, 3.63) is 47.3 Å². The number of imidazole rings is 1. The molecule has 7 heteroatoms. The number of carbonyl (C=O) groups is 1.